The van der Waals surface area contributed by atoms with Gasteiger partial charge in [-0.25, -0.2) is 4.68 Å². The standard InChI is InChI=1S/C12H13ClN6OS/c13-9-5-7(14)1-4-10(9)15-11(20)6-21-12-16-17-18-19(12)8-2-3-8/h1,4-5,8H,2-3,6,14H2,(H,15,20). The summed E-state index contributed by atoms with van der Waals surface area (Å²) in [7, 11) is 0. The molecule has 0 bridgehead atoms. The fraction of sp³-hybridized carbons (Fsp3) is 0.333. The number of nitrogens with two attached hydrogens (primary N) is 1. The zero-order chi connectivity index (χ0) is 14.8. The number of nitrogen functional groups attached to an aromatic ring is 1. The quantitative estimate of drug-likeness (QED) is 0.644. The molecule has 0 spiro atoms. The first-order chi connectivity index (χ1) is 10.1. The Hall–Kier alpha value is -1.80. The van der Waals surface area contributed by atoms with Crippen molar-refractivity contribution in [2.45, 2.75) is 24.0 Å². The van der Waals surface area contributed by atoms with E-state index in [4.69, 9.17) is 17.3 Å². The van der Waals surface area contributed by atoms with Crippen LogP contribution in [-0.4, -0.2) is 31.9 Å². The number of aromatic nitrogens is 4. The molecule has 3 N–H and O–H groups in total. The average Bonchev–Trinajstić information content (AvgIpc) is 3.18. The van der Waals surface area contributed by atoms with Crippen LogP contribution in [0, 0.1) is 0 Å². The number of tetrazole rings is 1. The Balaban J connectivity index is 1.57. The SMILES string of the molecule is Nc1ccc(NC(=O)CSc2nnnn2C2CC2)c(Cl)c1. The van der Waals surface area contributed by atoms with Gasteiger partial charge in [-0.3, -0.25) is 4.79 Å². The number of hydrogen-bond acceptors (Lipinski definition) is 6. The van der Waals surface area contributed by atoms with Crippen LogP contribution in [0.3, 0.4) is 0 Å². The molecule has 9 heteroatoms. The molecule has 3 rings (SSSR count). The number of rotatable bonds is 5. The van der Waals surface area contributed by atoms with Gasteiger partial charge < -0.3 is 11.1 Å². The van der Waals surface area contributed by atoms with Gasteiger partial charge in [0.1, 0.15) is 0 Å². The van der Waals surface area contributed by atoms with Crippen molar-refractivity contribution in [2.24, 2.45) is 0 Å². The molecule has 0 saturated heterocycles. The molecule has 0 unspecified atom stereocenters. The van der Waals surface area contributed by atoms with Gasteiger partial charge in [-0.1, -0.05) is 23.4 Å². The topological polar surface area (TPSA) is 98.7 Å². The summed E-state index contributed by atoms with van der Waals surface area (Å²) in [6, 6.07) is 5.34. The lowest BCUT2D eigenvalue weighted by Gasteiger charge is -2.07. The smallest absolute Gasteiger partial charge is 0.234 e. The number of halogens is 1. The minimum atomic E-state index is -0.169. The molecule has 1 aliphatic rings. The maximum Gasteiger partial charge on any atom is 0.234 e. The summed E-state index contributed by atoms with van der Waals surface area (Å²) in [6.45, 7) is 0. The summed E-state index contributed by atoms with van der Waals surface area (Å²) in [5.41, 5.74) is 6.70. The molecular weight excluding hydrogens is 312 g/mol. The van der Waals surface area contributed by atoms with Gasteiger partial charge in [0.05, 0.1) is 22.5 Å². The number of amides is 1. The number of carbonyl (C=O) groups excluding carboxylic acids is 1. The lowest BCUT2D eigenvalue weighted by molar-refractivity contribution is -0.113. The third-order valence-corrected chi connectivity index (χ3v) is 4.20. The Labute approximate surface area is 130 Å². The van der Waals surface area contributed by atoms with E-state index in [1.54, 1.807) is 22.9 Å². The van der Waals surface area contributed by atoms with Crippen LogP contribution in [0.2, 0.25) is 5.02 Å². The Bertz CT molecular complexity index is 672. The summed E-state index contributed by atoms with van der Waals surface area (Å²) < 4.78 is 1.77. The van der Waals surface area contributed by atoms with Gasteiger partial charge in [-0.2, -0.15) is 0 Å². The molecule has 1 aliphatic carbocycles. The summed E-state index contributed by atoms with van der Waals surface area (Å²) in [6.07, 6.45) is 2.18. The molecule has 0 atom stereocenters. The maximum atomic E-state index is 11.9. The molecule has 0 radical (unpaired) electrons. The maximum absolute atomic E-state index is 11.9. The number of carbonyl (C=O) groups is 1. The molecule has 1 saturated carbocycles. The van der Waals surface area contributed by atoms with Gasteiger partial charge in [0.15, 0.2) is 0 Å². The van der Waals surface area contributed by atoms with Crippen LogP contribution in [0.4, 0.5) is 11.4 Å². The molecular formula is C12H13ClN6OS. The van der Waals surface area contributed by atoms with E-state index in [-0.39, 0.29) is 11.7 Å². The molecule has 110 valence electrons. The highest BCUT2D eigenvalue weighted by Crippen LogP contribution is 2.36. The summed E-state index contributed by atoms with van der Waals surface area (Å²) in [5.74, 6) is 0.0466. The predicted molar refractivity (Wildman–Crippen MR) is 81.3 cm³/mol. The summed E-state index contributed by atoms with van der Waals surface area (Å²) >= 11 is 7.32. The lowest BCUT2D eigenvalue weighted by atomic mass is 10.3. The van der Waals surface area contributed by atoms with Crippen LogP contribution in [0.5, 0.6) is 0 Å². The van der Waals surface area contributed by atoms with Crippen LogP contribution in [0.25, 0.3) is 0 Å². The number of thioether (sulfide) groups is 1. The number of benzene rings is 1. The average molecular weight is 325 g/mol. The van der Waals surface area contributed by atoms with Gasteiger partial charge in [0.25, 0.3) is 0 Å². The van der Waals surface area contributed by atoms with E-state index in [9.17, 15) is 4.79 Å². The van der Waals surface area contributed by atoms with Crippen molar-refractivity contribution in [2.75, 3.05) is 16.8 Å². The Morgan fingerprint density at radius 3 is 3.05 bits per heavy atom. The van der Waals surface area contributed by atoms with Gasteiger partial charge >= 0.3 is 0 Å². The third-order valence-electron chi connectivity index (χ3n) is 2.95. The first-order valence-corrected chi connectivity index (χ1v) is 7.75. The highest BCUT2D eigenvalue weighted by Gasteiger charge is 2.28. The van der Waals surface area contributed by atoms with E-state index in [2.05, 4.69) is 20.8 Å². The largest absolute Gasteiger partial charge is 0.399 e. The first-order valence-electron chi connectivity index (χ1n) is 6.39. The second-order valence-corrected chi connectivity index (χ2v) is 6.06. The fourth-order valence-electron chi connectivity index (χ4n) is 1.78. The minimum Gasteiger partial charge on any atom is -0.399 e. The number of nitrogens with one attached hydrogen (secondary N) is 1. The van der Waals surface area contributed by atoms with Gasteiger partial charge in [-0.05, 0) is 41.5 Å². The third kappa shape index (κ3) is 3.45. The van der Waals surface area contributed by atoms with E-state index in [1.165, 1.54) is 11.8 Å². The predicted octanol–water partition coefficient (Wildman–Crippen LogP) is 1.97. The van der Waals surface area contributed by atoms with Crippen molar-refractivity contribution in [1.82, 2.24) is 20.2 Å². The van der Waals surface area contributed by atoms with E-state index >= 15 is 0 Å². The number of hydrogen-bond donors (Lipinski definition) is 2. The Morgan fingerprint density at radius 1 is 1.52 bits per heavy atom. The minimum absolute atomic E-state index is 0.169. The van der Waals surface area contributed by atoms with Crippen LogP contribution in [0.1, 0.15) is 18.9 Å². The van der Waals surface area contributed by atoms with Gasteiger partial charge in [-0.15, -0.1) is 5.10 Å². The molecule has 1 heterocycles. The number of anilines is 2. The Kier molecular flexibility index (Phi) is 3.98. The summed E-state index contributed by atoms with van der Waals surface area (Å²) in [5, 5.41) is 15.3. The monoisotopic (exact) mass is 324 g/mol. The van der Waals surface area contributed by atoms with E-state index < -0.39 is 0 Å². The van der Waals surface area contributed by atoms with E-state index in [1.807, 2.05) is 0 Å². The first kappa shape index (κ1) is 14.2. The van der Waals surface area contributed by atoms with Crippen molar-refractivity contribution in [1.29, 1.82) is 0 Å². The van der Waals surface area contributed by atoms with Crippen molar-refractivity contribution < 1.29 is 4.79 Å². The lowest BCUT2D eigenvalue weighted by Crippen LogP contribution is -2.15. The van der Waals surface area contributed by atoms with Crippen molar-refractivity contribution in [3.63, 3.8) is 0 Å². The van der Waals surface area contributed by atoms with Crippen LogP contribution in [-0.2, 0) is 4.79 Å². The number of nitrogens with zero attached hydrogens (tertiary/aromatic N) is 4. The van der Waals surface area contributed by atoms with Crippen molar-refractivity contribution >= 4 is 40.6 Å². The molecule has 1 amide bonds. The molecule has 21 heavy (non-hydrogen) atoms. The molecule has 7 nitrogen and oxygen atoms in total. The normalized spacial score (nSPS) is 14.1. The summed E-state index contributed by atoms with van der Waals surface area (Å²) in [4.78, 5) is 11.9. The highest BCUT2D eigenvalue weighted by atomic mass is 35.5. The van der Waals surface area contributed by atoms with Gasteiger partial charge in [0.2, 0.25) is 11.1 Å². The second kappa shape index (κ2) is 5.90. The van der Waals surface area contributed by atoms with Crippen molar-refractivity contribution in [3.8, 4) is 0 Å². The molecule has 1 aromatic heterocycles. The van der Waals surface area contributed by atoms with E-state index in [0.717, 1.165) is 12.8 Å². The highest BCUT2D eigenvalue weighted by molar-refractivity contribution is 7.99. The molecule has 0 aliphatic heterocycles. The van der Waals surface area contributed by atoms with E-state index in [0.29, 0.717) is 27.6 Å². The fourth-order valence-corrected chi connectivity index (χ4v) is 2.76. The Morgan fingerprint density at radius 2 is 2.33 bits per heavy atom. The second-order valence-electron chi connectivity index (χ2n) is 4.71. The van der Waals surface area contributed by atoms with Gasteiger partial charge in [0, 0.05) is 5.69 Å². The van der Waals surface area contributed by atoms with Crippen LogP contribution >= 0.6 is 23.4 Å². The zero-order valence-electron chi connectivity index (χ0n) is 11.0. The zero-order valence-corrected chi connectivity index (χ0v) is 12.6. The molecule has 1 fully saturated rings. The van der Waals surface area contributed by atoms with Crippen LogP contribution in [0.15, 0.2) is 23.4 Å². The van der Waals surface area contributed by atoms with Crippen LogP contribution < -0.4 is 11.1 Å². The molecule has 2 aromatic rings. The van der Waals surface area contributed by atoms with Crippen molar-refractivity contribution in [3.05, 3.63) is 23.2 Å². The molecule has 1 aromatic carbocycles.